The lowest BCUT2D eigenvalue weighted by Crippen LogP contribution is -2.60. The maximum Gasteiger partial charge on any atom is 0.253 e. The Kier molecular flexibility index (Phi) is 4.23. The molecule has 4 nitrogen and oxygen atoms in total. The second-order valence-electron chi connectivity index (χ2n) is 7.66. The van der Waals surface area contributed by atoms with E-state index in [-0.39, 0.29) is 5.91 Å². The average molecular weight is 317 g/mol. The monoisotopic (exact) mass is 317 g/mol. The normalized spacial score (nSPS) is 26.2. The molecule has 0 unspecified atom stereocenters. The number of carbonyl (C=O) groups excluding carboxylic acids is 1. The molecule has 1 aromatic carbocycles. The van der Waals surface area contributed by atoms with Crippen molar-refractivity contribution >= 4 is 5.91 Å². The molecule has 0 radical (unpaired) electrons. The van der Waals surface area contributed by atoms with Gasteiger partial charge in [0.25, 0.3) is 5.91 Å². The van der Waals surface area contributed by atoms with Gasteiger partial charge in [0, 0.05) is 31.2 Å². The highest BCUT2D eigenvalue weighted by molar-refractivity contribution is 5.94. The summed E-state index contributed by atoms with van der Waals surface area (Å²) in [7, 11) is 1.61. The molecule has 1 N–H and O–H groups in total. The number of aliphatic hydroxyl groups is 1. The van der Waals surface area contributed by atoms with Crippen molar-refractivity contribution in [3.05, 3.63) is 34.9 Å². The van der Waals surface area contributed by atoms with E-state index in [0.29, 0.717) is 26.1 Å². The topological polar surface area (TPSA) is 49.8 Å². The fourth-order valence-corrected chi connectivity index (χ4v) is 3.93. The summed E-state index contributed by atoms with van der Waals surface area (Å²) in [4.78, 5) is 14.7. The molecule has 1 atom stereocenters. The van der Waals surface area contributed by atoms with E-state index >= 15 is 0 Å². The summed E-state index contributed by atoms with van der Waals surface area (Å²) in [5.41, 5.74) is 2.21. The second-order valence-corrected chi connectivity index (χ2v) is 7.66. The number of hydrogen-bond acceptors (Lipinski definition) is 3. The Bertz CT molecular complexity index is 611. The fraction of sp³-hybridized carbons (Fsp3) is 0.632. The summed E-state index contributed by atoms with van der Waals surface area (Å²) < 4.78 is 5.20. The Morgan fingerprint density at radius 3 is 2.74 bits per heavy atom. The van der Waals surface area contributed by atoms with Crippen LogP contribution >= 0.6 is 0 Å². The largest absolute Gasteiger partial charge is 0.387 e. The third-order valence-electron chi connectivity index (χ3n) is 5.66. The van der Waals surface area contributed by atoms with Crippen LogP contribution in [0.3, 0.4) is 0 Å². The van der Waals surface area contributed by atoms with E-state index in [1.807, 2.05) is 24.8 Å². The Morgan fingerprint density at radius 2 is 2.04 bits per heavy atom. The molecule has 23 heavy (non-hydrogen) atoms. The SMILES string of the molecule is COC[C@]1(O)CCN(C(=O)c2ccc3c(c2)CCC3)CC1(C)C. The molecule has 4 heteroatoms. The molecule has 1 aliphatic heterocycles. The number of fused-ring (bicyclic) bond motifs is 1. The highest BCUT2D eigenvalue weighted by Crippen LogP contribution is 2.39. The zero-order valence-corrected chi connectivity index (χ0v) is 14.4. The van der Waals surface area contributed by atoms with Crippen LogP contribution in [0.4, 0.5) is 0 Å². The van der Waals surface area contributed by atoms with E-state index in [4.69, 9.17) is 4.74 Å². The lowest BCUT2D eigenvalue weighted by Gasteiger charge is -2.50. The van der Waals surface area contributed by atoms with Crippen LogP contribution in [-0.4, -0.2) is 48.3 Å². The van der Waals surface area contributed by atoms with Gasteiger partial charge in [-0.25, -0.2) is 0 Å². The van der Waals surface area contributed by atoms with Gasteiger partial charge in [-0.3, -0.25) is 4.79 Å². The number of amides is 1. The molecule has 126 valence electrons. The number of piperidine rings is 1. The molecule has 3 rings (SSSR count). The average Bonchev–Trinajstić information content (AvgIpc) is 2.97. The molecule has 1 aliphatic carbocycles. The molecular weight excluding hydrogens is 290 g/mol. The van der Waals surface area contributed by atoms with Crippen LogP contribution in [0.25, 0.3) is 0 Å². The summed E-state index contributed by atoms with van der Waals surface area (Å²) in [5.74, 6) is 0.0761. The predicted octanol–water partition coefficient (Wildman–Crippen LogP) is 2.42. The number of likely N-dealkylation sites (tertiary alicyclic amines) is 1. The third-order valence-corrected chi connectivity index (χ3v) is 5.66. The number of ether oxygens (including phenoxy) is 1. The van der Waals surface area contributed by atoms with E-state index in [0.717, 1.165) is 18.4 Å². The number of methoxy groups -OCH3 is 1. The van der Waals surface area contributed by atoms with Crippen LogP contribution in [0.2, 0.25) is 0 Å². The van der Waals surface area contributed by atoms with Gasteiger partial charge in [0.05, 0.1) is 12.2 Å². The molecular formula is C19H27NO3. The Morgan fingerprint density at radius 1 is 1.30 bits per heavy atom. The van der Waals surface area contributed by atoms with E-state index in [1.54, 1.807) is 7.11 Å². The summed E-state index contributed by atoms with van der Waals surface area (Å²) in [6.45, 7) is 5.44. The second kappa shape index (κ2) is 5.91. The fourth-order valence-electron chi connectivity index (χ4n) is 3.93. The first-order valence-corrected chi connectivity index (χ1v) is 8.49. The van der Waals surface area contributed by atoms with Gasteiger partial charge in [0.2, 0.25) is 0 Å². The van der Waals surface area contributed by atoms with Gasteiger partial charge < -0.3 is 14.7 Å². The van der Waals surface area contributed by atoms with Crippen molar-refractivity contribution in [1.29, 1.82) is 0 Å². The van der Waals surface area contributed by atoms with Gasteiger partial charge >= 0.3 is 0 Å². The summed E-state index contributed by atoms with van der Waals surface area (Å²) >= 11 is 0. The van der Waals surface area contributed by atoms with Crippen LogP contribution in [0.5, 0.6) is 0 Å². The number of rotatable bonds is 3. The Balaban J connectivity index is 1.77. The van der Waals surface area contributed by atoms with Gasteiger partial charge in [-0.1, -0.05) is 19.9 Å². The van der Waals surface area contributed by atoms with Gasteiger partial charge in [-0.2, -0.15) is 0 Å². The minimum Gasteiger partial charge on any atom is -0.387 e. The maximum absolute atomic E-state index is 12.9. The molecule has 1 aromatic rings. The summed E-state index contributed by atoms with van der Waals surface area (Å²) in [6, 6.07) is 6.12. The molecule has 0 aromatic heterocycles. The molecule has 1 fully saturated rings. The van der Waals surface area contributed by atoms with Crippen molar-refractivity contribution in [2.45, 2.75) is 45.1 Å². The number of aryl methyl sites for hydroxylation is 2. The van der Waals surface area contributed by atoms with Gasteiger partial charge in [0.1, 0.15) is 0 Å². The van der Waals surface area contributed by atoms with Crippen LogP contribution in [-0.2, 0) is 17.6 Å². The van der Waals surface area contributed by atoms with Crippen LogP contribution in [0.1, 0.15) is 48.2 Å². The van der Waals surface area contributed by atoms with Crippen molar-refractivity contribution in [3.8, 4) is 0 Å². The number of benzene rings is 1. The minimum atomic E-state index is -0.879. The summed E-state index contributed by atoms with van der Waals surface area (Å²) in [6.07, 6.45) is 3.94. The molecule has 1 heterocycles. The van der Waals surface area contributed by atoms with Crippen molar-refractivity contribution < 1.29 is 14.6 Å². The highest BCUT2D eigenvalue weighted by atomic mass is 16.5. The molecule has 0 saturated carbocycles. The first-order chi connectivity index (χ1) is 10.9. The standard InChI is InChI=1S/C19H27NO3/c1-18(2)12-20(10-9-19(18,22)13-23-3)17(21)16-8-7-14-5-4-6-15(14)11-16/h7-8,11,22H,4-6,9-10,12-13H2,1-3H3/t19-/m1/s1. The quantitative estimate of drug-likeness (QED) is 0.931. The maximum atomic E-state index is 12.9. The number of hydrogen-bond donors (Lipinski definition) is 1. The van der Waals surface area contributed by atoms with Crippen LogP contribution in [0.15, 0.2) is 18.2 Å². The lowest BCUT2D eigenvalue weighted by atomic mass is 9.70. The molecule has 1 saturated heterocycles. The molecule has 2 aliphatic rings. The molecule has 0 bridgehead atoms. The van der Waals surface area contributed by atoms with E-state index in [2.05, 4.69) is 12.1 Å². The van der Waals surface area contributed by atoms with Crippen LogP contribution < -0.4 is 0 Å². The van der Waals surface area contributed by atoms with E-state index < -0.39 is 11.0 Å². The smallest absolute Gasteiger partial charge is 0.253 e. The number of carbonyl (C=O) groups is 1. The first-order valence-electron chi connectivity index (χ1n) is 8.49. The van der Waals surface area contributed by atoms with Crippen molar-refractivity contribution in [2.75, 3.05) is 26.8 Å². The zero-order valence-electron chi connectivity index (χ0n) is 14.4. The van der Waals surface area contributed by atoms with Gasteiger partial charge in [-0.05, 0) is 48.9 Å². The lowest BCUT2D eigenvalue weighted by molar-refractivity contribution is -0.144. The Labute approximate surface area is 138 Å². The minimum absolute atomic E-state index is 0.0761. The summed E-state index contributed by atoms with van der Waals surface area (Å²) in [5, 5.41) is 10.8. The van der Waals surface area contributed by atoms with E-state index in [9.17, 15) is 9.90 Å². The van der Waals surface area contributed by atoms with Gasteiger partial charge in [0.15, 0.2) is 0 Å². The van der Waals surface area contributed by atoms with Crippen molar-refractivity contribution in [2.24, 2.45) is 5.41 Å². The third kappa shape index (κ3) is 2.90. The van der Waals surface area contributed by atoms with Crippen LogP contribution in [0, 0.1) is 5.41 Å². The Hall–Kier alpha value is -1.39. The van der Waals surface area contributed by atoms with Crippen molar-refractivity contribution in [3.63, 3.8) is 0 Å². The first kappa shape index (κ1) is 16.5. The zero-order chi connectivity index (χ0) is 16.7. The predicted molar refractivity (Wildman–Crippen MR) is 89.6 cm³/mol. The molecule has 1 amide bonds. The number of nitrogens with zero attached hydrogens (tertiary/aromatic N) is 1. The van der Waals surface area contributed by atoms with Crippen molar-refractivity contribution in [1.82, 2.24) is 4.90 Å². The highest BCUT2D eigenvalue weighted by Gasteiger charge is 2.48. The molecule has 0 spiro atoms. The van der Waals surface area contributed by atoms with Gasteiger partial charge in [-0.15, -0.1) is 0 Å². The van der Waals surface area contributed by atoms with E-state index in [1.165, 1.54) is 17.5 Å².